The molecule has 1 aliphatic rings. The van der Waals surface area contributed by atoms with Crippen LogP contribution in [0.5, 0.6) is 0 Å². The average Bonchev–Trinajstić information content (AvgIpc) is 3.05. The number of hydrazone groups is 1. The van der Waals surface area contributed by atoms with Gasteiger partial charge in [0.05, 0.1) is 10.8 Å². The van der Waals surface area contributed by atoms with Crippen LogP contribution < -0.4 is 4.72 Å². The predicted octanol–water partition coefficient (Wildman–Crippen LogP) is 3.05. The van der Waals surface area contributed by atoms with Crippen molar-refractivity contribution < 1.29 is 0 Å². The first kappa shape index (κ1) is 13.4. The van der Waals surface area contributed by atoms with Crippen LogP contribution in [0, 0.1) is 5.92 Å². The van der Waals surface area contributed by atoms with Gasteiger partial charge in [-0.2, -0.15) is 5.10 Å². The van der Waals surface area contributed by atoms with Crippen molar-refractivity contribution in [3.8, 4) is 0 Å². The molecule has 0 aliphatic carbocycles. The van der Waals surface area contributed by atoms with Crippen LogP contribution in [0.2, 0.25) is 0 Å². The van der Waals surface area contributed by atoms with Crippen LogP contribution >= 0.6 is 23.3 Å². The summed E-state index contributed by atoms with van der Waals surface area (Å²) in [4.78, 5) is 4.48. The summed E-state index contributed by atoms with van der Waals surface area (Å²) in [5, 5.41) is 8.44. The van der Waals surface area contributed by atoms with E-state index in [9.17, 15) is 0 Å². The Morgan fingerprint density at radius 2 is 2.56 bits per heavy atom. The number of aliphatic imine (C=N–C) groups is 1. The number of nitrogens with zero attached hydrogens (tertiary/aromatic N) is 3. The van der Waals surface area contributed by atoms with Gasteiger partial charge in [0.25, 0.3) is 0 Å². The highest BCUT2D eigenvalue weighted by Gasteiger charge is 2.20. The Morgan fingerprint density at radius 1 is 1.67 bits per heavy atom. The van der Waals surface area contributed by atoms with Crippen LogP contribution in [0.3, 0.4) is 0 Å². The summed E-state index contributed by atoms with van der Waals surface area (Å²) in [6, 6.07) is 4.14. The van der Waals surface area contributed by atoms with Gasteiger partial charge in [-0.1, -0.05) is 13.0 Å². The zero-order chi connectivity index (χ0) is 12.8. The smallest absolute Gasteiger partial charge is 0.225 e. The third-order valence-corrected chi connectivity index (χ3v) is 4.46. The van der Waals surface area contributed by atoms with E-state index < -0.39 is 0 Å². The van der Waals surface area contributed by atoms with E-state index >= 15 is 0 Å². The fraction of sp³-hybridized carbons (Fsp3) is 0.500. The highest BCUT2D eigenvalue weighted by molar-refractivity contribution is 7.99. The van der Waals surface area contributed by atoms with Gasteiger partial charge in [0.2, 0.25) is 5.96 Å². The minimum absolute atomic E-state index is 0.542. The molecule has 1 aliphatic heterocycles. The van der Waals surface area contributed by atoms with Crippen molar-refractivity contribution in [2.75, 3.05) is 13.1 Å². The van der Waals surface area contributed by atoms with Gasteiger partial charge in [0, 0.05) is 18.7 Å². The lowest BCUT2D eigenvalue weighted by atomic mass is 10.1. The van der Waals surface area contributed by atoms with Gasteiger partial charge in [0.15, 0.2) is 0 Å². The molecule has 0 saturated carbocycles. The molecule has 1 aromatic heterocycles. The van der Waals surface area contributed by atoms with E-state index in [1.165, 1.54) is 4.21 Å². The quantitative estimate of drug-likeness (QED) is 0.524. The van der Waals surface area contributed by atoms with Crippen molar-refractivity contribution in [2.45, 2.75) is 24.5 Å². The zero-order valence-corrected chi connectivity index (χ0v) is 12.3. The Morgan fingerprint density at radius 3 is 3.17 bits per heavy atom. The summed E-state index contributed by atoms with van der Waals surface area (Å²) in [7, 11) is 0. The molecule has 2 rings (SSSR count). The molecule has 0 saturated heterocycles. The van der Waals surface area contributed by atoms with Crippen molar-refractivity contribution in [1.82, 2.24) is 9.73 Å². The molecule has 1 N–H and O–H groups in total. The maximum atomic E-state index is 4.48. The summed E-state index contributed by atoms with van der Waals surface area (Å²) in [6.07, 6.45) is 3.14. The highest BCUT2D eigenvalue weighted by atomic mass is 32.2. The molecule has 1 aromatic rings. The molecule has 1 atom stereocenters. The molecule has 0 fully saturated rings. The van der Waals surface area contributed by atoms with E-state index in [2.05, 4.69) is 33.2 Å². The molecule has 1 unspecified atom stereocenters. The van der Waals surface area contributed by atoms with Crippen LogP contribution in [0.4, 0.5) is 0 Å². The molecule has 0 radical (unpaired) electrons. The van der Waals surface area contributed by atoms with Crippen LogP contribution in [0.15, 0.2) is 31.8 Å². The van der Waals surface area contributed by atoms with Crippen molar-refractivity contribution >= 4 is 35.5 Å². The lowest BCUT2D eigenvalue weighted by Gasteiger charge is -2.18. The number of rotatable bonds is 4. The summed E-state index contributed by atoms with van der Waals surface area (Å²) in [6.45, 7) is 5.91. The molecule has 98 valence electrons. The maximum Gasteiger partial charge on any atom is 0.225 e. The second kappa shape index (κ2) is 6.80. The van der Waals surface area contributed by atoms with Gasteiger partial charge >= 0.3 is 0 Å². The fourth-order valence-corrected chi connectivity index (χ4v) is 3.04. The van der Waals surface area contributed by atoms with Crippen molar-refractivity contribution in [3.63, 3.8) is 0 Å². The largest absolute Gasteiger partial charge is 0.294 e. The first-order valence-corrected chi connectivity index (χ1v) is 7.85. The van der Waals surface area contributed by atoms with Crippen LogP contribution in [0.1, 0.15) is 20.3 Å². The lowest BCUT2D eigenvalue weighted by Crippen LogP contribution is -2.34. The molecule has 0 amide bonds. The number of hydrogen-bond donors (Lipinski definition) is 1. The number of guanidine groups is 1. The van der Waals surface area contributed by atoms with Gasteiger partial charge in [-0.15, -0.1) is 11.3 Å². The molecule has 6 heteroatoms. The lowest BCUT2D eigenvalue weighted by molar-refractivity contribution is 0.431. The normalized spacial score (nSPS) is 19.6. The molecular formula is C12H18N4S2. The molecule has 0 aromatic carbocycles. The summed E-state index contributed by atoms with van der Waals surface area (Å²) in [5.41, 5.74) is 0. The molecule has 0 bridgehead atoms. The van der Waals surface area contributed by atoms with Crippen LogP contribution in [0.25, 0.3) is 0 Å². The average molecular weight is 282 g/mol. The van der Waals surface area contributed by atoms with Gasteiger partial charge in [-0.05, 0) is 36.7 Å². The van der Waals surface area contributed by atoms with Crippen molar-refractivity contribution in [3.05, 3.63) is 17.5 Å². The minimum atomic E-state index is 0.542. The predicted molar refractivity (Wildman–Crippen MR) is 80.3 cm³/mol. The van der Waals surface area contributed by atoms with E-state index in [0.29, 0.717) is 5.92 Å². The first-order valence-electron chi connectivity index (χ1n) is 6.16. The third kappa shape index (κ3) is 3.49. The van der Waals surface area contributed by atoms with Gasteiger partial charge in [0.1, 0.15) is 0 Å². The Labute approximate surface area is 116 Å². The molecule has 0 spiro atoms. The monoisotopic (exact) mass is 282 g/mol. The third-order valence-electron chi connectivity index (χ3n) is 2.64. The van der Waals surface area contributed by atoms with Gasteiger partial charge in [-0.25, -0.2) is 5.01 Å². The zero-order valence-electron chi connectivity index (χ0n) is 10.7. The van der Waals surface area contributed by atoms with Gasteiger partial charge < -0.3 is 0 Å². The maximum absolute atomic E-state index is 4.48. The van der Waals surface area contributed by atoms with E-state index in [1.54, 1.807) is 23.3 Å². The summed E-state index contributed by atoms with van der Waals surface area (Å²) >= 11 is 3.31. The SMILES string of the molecule is CCN=C(NSc1cccs1)N1CC(CC)C=N1. The van der Waals surface area contributed by atoms with E-state index in [4.69, 9.17) is 0 Å². The minimum Gasteiger partial charge on any atom is -0.294 e. The van der Waals surface area contributed by atoms with Crippen LogP contribution in [-0.4, -0.2) is 30.3 Å². The number of thiophene rings is 1. The topological polar surface area (TPSA) is 40.0 Å². The molecule has 2 heterocycles. The van der Waals surface area contributed by atoms with Crippen molar-refractivity contribution in [2.24, 2.45) is 16.0 Å². The number of nitrogens with one attached hydrogen (secondary N) is 1. The number of hydrogen-bond acceptors (Lipinski definition) is 4. The molecule has 4 nitrogen and oxygen atoms in total. The second-order valence-electron chi connectivity index (χ2n) is 3.95. The van der Waals surface area contributed by atoms with Crippen molar-refractivity contribution in [1.29, 1.82) is 0 Å². The van der Waals surface area contributed by atoms with Gasteiger partial charge in [-0.3, -0.25) is 9.71 Å². The van der Waals surface area contributed by atoms with E-state index in [1.807, 2.05) is 24.2 Å². The van der Waals surface area contributed by atoms with Crippen LogP contribution in [-0.2, 0) is 0 Å². The fourth-order valence-electron chi connectivity index (χ4n) is 1.60. The molecule has 18 heavy (non-hydrogen) atoms. The Kier molecular flexibility index (Phi) is 5.07. The first-order chi connectivity index (χ1) is 8.83. The standard InChI is InChI=1S/C12H18N4S2/c1-3-10-8-14-16(9-10)12(13-4-2)15-18-11-6-5-7-17-11/h5-8,10H,3-4,9H2,1-2H3,(H,13,15). The highest BCUT2D eigenvalue weighted by Crippen LogP contribution is 2.21. The molecular weight excluding hydrogens is 264 g/mol. The van der Waals surface area contributed by atoms with E-state index in [0.717, 1.165) is 25.5 Å². The Bertz CT molecular complexity index is 414. The Hall–Kier alpha value is -1.01. The summed E-state index contributed by atoms with van der Waals surface area (Å²) in [5.74, 6) is 1.39. The Balaban J connectivity index is 1.93. The summed E-state index contributed by atoms with van der Waals surface area (Å²) < 4.78 is 4.53. The second-order valence-corrected chi connectivity index (χ2v) is 6.00. The van der Waals surface area contributed by atoms with E-state index in [-0.39, 0.29) is 0 Å².